The van der Waals surface area contributed by atoms with Gasteiger partial charge < -0.3 is 10.4 Å². The van der Waals surface area contributed by atoms with E-state index in [1.165, 1.54) is 70.6 Å². The molecule has 0 bridgehead atoms. The van der Waals surface area contributed by atoms with Crippen LogP contribution in [0.3, 0.4) is 0 Å². The zero-order chi connectivity index (χ0) is 19.5. The van der Waals surface area contributed by atoms with Gasteiger partial charge in [0.25, 0.3) is 0 Å². The highest BCUT2D eigenvalue weighted by atomic mass is 16.3. The van der Waals surface area contributed by atoms with Crippen molar-refractivity contribution in [2.45, 2.75) is 123 Å². The quantitative estimate of drug-likeness (QED) is 0.172. The summed E-state index contributed by atoms with van der Waals surface area (Å²) in [5, 5.41) is 14.9. The lowest BCUT2D eigenvalue weighted by Gasteiger charge is -2.17. The number of carbonyl (C=O) groups excluding carboxylic acids is 1. The topological polar surface area (TPSA) is 61.4 Å². The van der Waals surface area contributed by atoms with Crippen LogP contribution in [0.5, 0.6) is 0 Å². The number of hydrogen-bond donors (Lipinski definition) is 3. The number of nitrogens with one attached hydrogen (secondary N) is 2. The Balaban J connectivity index is 3.30. The van der Waals surface area contributed by atoms with Crippen molar-refractivity contribution in [1.82, 2.24) is 10.6 Å². The van der Waals surface area contributed by atoms with Gasteiger partial charge in [-0.1, -0.05) is 70.4 Å². The Kier molecular flexibility index (Phi) is 18.3. The van der Waals surface area contributed by atoms with Crippen molar-refractivity contribution >= 4 is 5.91 Å². The van der Waals surface area contributed by atoms with Crippen LogP contribution in [0.15, 0.2) is 12.2 Å². The maximum Gasteiger partial charge on any atom is 0.221 e. The third-order valence-electron chi connectivity index (χ3n) is 4.53. The molecule has 2 unspecified atom stereocenters. The molecule has 0 aromatic rings. The van der Waals surface area contributed by atoms with E-state index < -0.39 is 6.23 Å². The molecule has 1 amide bonds. The first-order valence-corrected chi connectivity index (χ1v) is 10.9. The van der Waals surface area contributed by atoms with Gasteiger partial charge in [-0.15, -0.1) is 0 Å². The van der Waals surface area contributed by atoms with Crippen LogP contribution >= 0.6 is 0 Å². The van der Waals surface area contributed by atoms with Crippen LogP contribution < -0.4 is 10.6 Å². The summed E-state index contributed by atoms with van der Waals surface area (Å²) in [6.07, 6.45) is 20.9. The summed E-state index contributed by atoms with van der Waals surface area (Å²) in [5.74, 6) is 0.0586. The molecule has 3 N–H and O–H groups in total. The molecular weight excluding hydrogens is 324 g/mol. The van der Waals surface area contributed by atoms with E-state index in [1.54, 1.807) is 6.92 Å². The molecule has 0 aliphatic carbocycles. The van der Waals surface area contributed by atoms with Crippen LogP contribution in [0.2, 0.25) is 0 Å². The highest BCUT2D eigenvalue weighted by molar-refractivity contribution is 5.76. The summed E-state index contributed by atoms with van der Waals surface area (Å²) in [6.45, 7) is 5.75. The zero-order valence-electron chi connectivity index (χ0n) is 17.6. The first kappa shape index (κ1) is 25.1. The molecule has 0 saturated carbocycles. The van der Waals surface area contributed by atoms with Crippen molar-refractivity contribution < 1.29 is 9.90 Å². The average Bonchev–Trinajstić information content (AvgIpc) is 2.57. The molecule has 154 valence electrons. The van der Waals surface area contributed by atoms with Crippen LogP contribution in [0.25, 0.3) is 0 Å². The molecular formula is C22H44N2O2. The summed E-state index contributed by atoms with van der Waals surface area (Å²) in [7, 11) is 0. The second-order valence-corrected chi connectivity index (χ2v) is 7.47. The smallest absolute Gasteiger partial charge is 0.221 e. The first-order chi connectivity index (χ1) is 12.6. The SMILES string of the molecule is CCCCCCCCC=CCCCCCCCC(=O)NC(C)NC(C)O. The molecule has 0 saturated heterocycles. The minimum absolute atomic E-state index is 0.0586. The predicted octanol–water partition coefficient (Wildman–Crippen LogP) is 5.41. The number of aliphatic hydroxyl groups excluding tert-OH is 1. The van der Waals surface area contributed by atoms with E-state index in [2.05, 4.69) is 29.7 Å². The number of hydrogen-bond acceptors (Lipinski definition) is 3. The maximum atomic E-state index is 11.7. The second kappa shape index (κ2) is 18.9. The van der Waals surface area contributed by atoms with E-state index in [4.69, 9.17) is 0 Å². The van der Waals surface area contributed by atoms with E-state index in [-0.39, 0.29) is 12.1 Å². The van der Waals surface area contributed by atoms with Crippen molar-refractivity contribution in [3.8, 4) is 0 Å². The fourth-order valence-electron chi connectivity index (χ4n) is 3.07. The van der Waals surface area contributed by atoms with E-state index in [9.17, 15) is 9.90 Å². The van der Waals surface area contributed by atoms with Gasteiger partial charge in [-0.2, -0.15) is 0 Å². The van der Waals surface area contributed by atoms with Gasteiger partial charge in [-0.05, 0) is 46.0 Å². The number of carbonyl (C=O) groups is 1. The number of amides is 1. The van der Waals surface area contributed by atoms with Crippen LogP contribution in [-0.2, 0) is 4.79 Å². The van der Waals surface area contributed by atoms with Gasteiger partial charge in [-0.25, -0.2) is 0 Å². The van der Waals surface area contributed by atoms with Crippen molar-refractivity contribution in [3.63, 3.8) is 0 Å². The third kappa shape index (κ3) is 19.5. The first-order valence-electron chi connectivity index (χ1n) is 10.9. The third-order valence-corrected chi connectivity index (χ3v) is 4.53. The predicted molar refractivity (Wildman–Crippen MR) is 112 cm³/mol. The Bertz CT molecular complexity index is 343. The van der Waals surface area contributed by atoms with E-state index in [0.29, 0.717) is 6.42 Å². The monoisotopic (exact) mass is 368 g/mol. The molecule has 4 heteroatoms. The lowest BCUT2D eigenvalue weighted by atomic mass is 10.1. The molecule has 0 aliphatic heterocycles. The summed E-state index contributed by atoms with van der Waals surface area (Å²) in [6, 6.07) is 0. The van der Waals surface area contributed by atoms with Crippen LogP contribution in [0, 0.1) is 0 Å². The van der Waals surface area contributed by atoms with Gasteiger partial charge in [0.2, 0.25) is 5.91 Å². The summed E-state index contributed by atoms with van der Waals surface area (Å²) >= 11 is 0. The molecule has 26 heavy (non-hydrogen) atoms. The normalized spacial score (nSPS) is 13.8. The average molecular weight is 369 g/mol. The Morgan fingerprint density at radius 1 is 0.846 bits per heavy atom. The summed E-state index contributed by atoms with van der Waals surface area (Å²) in [5.41, 5.74) is 0. The zero-order valence-corrected chi connectivity index (χ0v) is 17.6. The molecule has 0 aromatic heterocycles. The highest BCUT2D eigenvalue weighted by Crippen LogP contribution is 2.10. The number of rotatable bonds is 18. The minimum atomic E-state index is -0.606. The van der Waals surface area contributed by atoms with Gasteiger partial charge >= 0.3 is 0 Å². The van der Waals surface area contributed by atoms with Gasteiger partial charge in [0, 0.05) is 6.42 Å². The minimum Gasteiger partial charge on any atom is -0.379 e. The molecule has 4 nitrogen and oxygen atoms in total. The second-order valence-electron chi connectivity index (χ2n) is 7.47. The lowest BCUT2D eigenvalue weighted by molar-refractivity contribution is -0.122. The van der Waals surface area contributed by atoms with E-state index in [1.807, 2.05) is 6.92 Å². The fraction of sp³-hybridized carbons (Fsp3) is 0.864. The van der Waals surface area contributed by atoms with Gasteiger partial charge in [-0.3, -0.25) is 10.1 Å². The standard InChI is InChI=1S/C22H44N2O2/c1-4-5-6-7-8-9-10-11-12-13-14-15-16-17-18-19-22(26)24-20(2)23-21(3)25/h11-12,20-21,23,25H,4-10,13-19H2,1-3H3,(H,24,26). The van der Waals surface area contributed by atoms with Crippen LogP contribution in [0.1, 0.15) is 111 Å². The van der Waals surface area contributed by atoms with Crippen molar-refractivity contribution in [2.24, 2.45) is 0 Å². The fourth-order valence-corrected chi connectivity index (χ4v) is 3.07. The Morgan fingerprint density at radius 3 is 1.88 bits per heavy atom. The Labute approximate surface area is 162 Å². The summed E-state index contributed by atoms with van der Waals surface area (Å²) < 4.78 is 0. The molecule has 0 spiro atoms. The molecule has 0 aromatic carbocycles. The lowest BCUT2D eigenvalue weighted by Crippen LogP contribution is -2.46. The largest absolute Gasteiger partial charge is 0.379 e. The number of aliphatic hydroxyl groups is 1. The Morgan fingerprint density at radius 2 is 1.35 bits per heavy atom. The van der Waals surface area contributed by atoms with E-state index >= 15 is 0 Å². The molecule has 0 fully saturated rings. The molecule has 0 rings (SSSR count). The summed E-state index contributed by atoms with van der Waals surface area (Å²) in [4.78, 5) is 11.7. The number of unbranched alkanes of at least 4 members (excludes halogenated alkanes) is 11. The van der Waals surface area contributed by atoms with Gasteiger partial charge in [0.15, 0.2) is 0 Å². The highest BCUT2D eigenvalue weighted by Gasteiger charge is 2.07. The van der Waals surface area contributed by atoms with Crippen molar-refractivity contribution in [3.05, 3.63) is 12.2 Å². The van der Waals surface area contributed by atoms with Crippen molar-refractivity contribution in [1.29, 1.82) is 0 Å². The van der Waals surface area contributed by atoms with Gasteiger partial charge in [0.1, 0.15) is 6.23 Å². The number of allylic oxidation sites excluding steroid dienone is 2. The van der Waals surface area contributed by atoms with E-state index in [0.717, 1.165) is 12.8 Å². The Hall–Kier alpha value is -0.870. The van der Waals surface area contributed by atoms with Crippen LogP contribution in [-0.4, -0.2) is 23.4 Å². The van der Waals surface area contributed by atoms with Crippen LogP contribution in [0.4, 0.5) is 0 Å². The van der Waals surface area contributed by atoms with Crippen molar-refractivity contribution in [2.75, 3.05) is 0 Å². The molecule has 0 radical (unpaired) electrons. The molecule has 0 aliphatic rings. The maximum absolute atomic E-state index is 11.7. The molecule has 0 heterocycles. The molecule has 2 atom stereocenters. The van der Waals surface area contributed by atoms with Gasteiger partial charge in [0.05, 0.1) is 6.17 Å².